The second-order valence-corrected chi connectivity index (χ2v) is 6.12. The summed E-state index contributed by atoms with van der Waals surface area (Å²) in [6.07, 6.45) is 2.11. The van der Waals surface area contributed by atoms with Gasteiger partial charge in [0, 0.05) is 15.3 Å². The average molecular weight is 280 g/mol. The van der Waals surface area contributed by atoms with Gasteiger partial charge >= 0.3 is 0 Å². The maximum atomic E-state index is 13.9. The summed E-state index contributed by atoms with van der Waals surface area (Å²) in [5, 5.41) is 10.2. The third-order valence-corrected chi connectivity index (χ3v) is 4.92. The first-order valence-corrected chi connectivity index (χ1v) is 7.13. The maximum absolute atomic E-state index is 13.9. The van der Waals surface area contributed by atoms with Crippen molar-refractivity contribution in [1.82, 2.24) is 0 Å². The molecule has 0 aliphatic heterocycles. The molecule has 1 aromatic carbocycles. The SMILES string of the molecule is Cc1ccc(C(O)c2cc3c(s2)CCC3)c(F)c1F. The normalized spacial score (nSPS) is 15.6. The smallest absolute Gasteiger partial charge is 0.165 e. The molecule has 1 heterocycles. The van der Waals surface area contributed by atoms with Crippen LogP contribution in [0.4, 0.5) is 8.78 Å². The fraction of sp³-hybridized carbons (Fsp3) is 0.333. The van der Waals surface area contributed by atoms with Crippen molar-refractivity contribution in [2.45, 2.75) is 32.3 Å². The molecular weight excluding hydrogens is 266 g/mol. The number of hydrogen-bond acceptors (Lipinski definition) is 2. The second kappa shape index (κ2) is 4.69. The molecule has 2 aromatic rings. The number of aliphatic hydroxyl groups is 1. The molecule has 1 N–H and O–H groups in total. The maximum Gasteiger partial charge on any atom is 0.165 e. The number of fused-ring (bicyclic) bond motifs is 1. The lowest BCUT2D eigenvalue weighted by Crippen LogP contribution is -2.04. The summed E-state index contributed by atoms with van der Waals surface area (Å²) in [7, 11) is 0. The minimum absolute atomic E-state index is 0.0167. The van der Waals surface area contributed by atoms with Gasteiger partial charge in [0.15, 0.2) is 11.6 Å². The molecule has 0 radical (unpaired) electrons. The number of benzene rings is 1. The zero-order valence-electron chi connectivity index (χ0n) is 10.5. The molecule has 0 saturated heterocycles. The van der Waals surface area contributed by atoms with Gasteiger partial charge in [-0.25, -0.2) is 8.78 Å². The van der Waals surface area contributed by atoms with E-state index in [1.165, 1.54) is 40.8 Å². The van der Waals surface area contributed by atoms with Crippen molar-refractivity contribution in [3.05, 3.63) is 56.3 Å². The van der Waals surface area contributed by atoms with Crippen LogP contribution >= 0.6 is 11.3 Å². The lowest BCUT2D eigenvalue weighted by Gasteiger charge is -2.11. The molecule has 0 amide bonds. The first-order valence-electron chi connectivity index (χ1n) is 6.32. The topological polar surface area (TPSA) is 20.2 Å². The van der Waals surface area contributed by atoms with Gasteiger partial charge in [-0.15, -0.1) is 11.3 Å². The van der Waals surface area contributed by atoms with Crippen LogP contribution in [0, 0.1) is 18.6 Å². The summed E-state index contributed by atoms with van der Waals surface area (Å²) in [5.41, 5.74) is 1.51. The molecule has 3 rings (SSSR count). The fourth-order valence-electron chi connectivity index (χ4n) is 2.51. The number of halogens is 2. The predicted octanol–water partition coefficient (Wildman–Crippen LogP) is 3.91. The quantitative estimate of drug-likeness (QED) is 0.884. The van der Waals surface area contributed by atoms with E-state index in [4.69, 9.17) is 0 Å². The molecule has 1 aliphatic carbocycles. The number of rotatable bonds is 2. The monoisotopic (exact) mass is 280 g/mol. The van der Waals surface area contributed by atoms with Crippen LogP contribution in [0.15, 0.2) is 18.2 Å². The van der Waals surface area contributed by atoms with E-state index in [1.54, 1.807) is 0 Å². The summed E-state index contributed by atoms with van der Waals surface area (Å²) < 4.78 is 27.4. The van der Waals surface area contributed by atoms with Crippen LogP contribution in [-0.4, -0.2) is 5.11 Å². The van der Waals surface area contributed by atoms with Crippen molar-refractivity contribution in [1.29, 1.82) is 0 Å². The van der Waals surface area contributed by atoms with E-state index in [1.807, 2.05) is 6.07 Å². The molecule has 4 heteroatoms. The van der Waals surface area contributed by atoms with E-state index in [2.05, 4.69) is 0 Å². The largest absolute Gasteiger partial charge is 0.383 e. The molecule has 0 saturated carbocycles. The van der Waals surface area contributed by atoms with Crippen molar-refractivity contribution < 1.29 is 13.9 Å². The van der Waals surface area contributed by atoms with E-state index >= 15 is 0 Å². The van der Waals surface area contributed by atoms with E-state index in [0.717, 1.165) is 19.3 Å². The van der Waals surface area contributed by atoms with Crippen molar-refractivity contribution >= 4 is 11.3 Å². The van der Waals surface area contributed by atoms with Crippen molar-refractivity contribution in [3.8, 4) is 0 Å². The van der Waals surface area contributed by atoms with Crippen LogP contribution in [0.2, 0.25) is 0 Å². The number of aliphatic hydroxyl groups excluding tert-OH is 1. The standard InChI is InChI=1S/C15H14F2OS/c1-8-5-6-10(14(17)13(8)16)15(18)12-7-9-3-2-4-11(9)19-12/h5-7,15,18H,2-4H2,1H3. The average Bonchev–Trinajstić information content (AvgIpc) is 2.96. The Bertz CT molecular complexity index is 612. The predicted molar refractivity (Wildman–Crippen MR) is 71.5 cm³/mol. The van der Waals surface area contributed by atoms with E-state index in [0.29, 0.717) is 4.88 Å². The van der Waals surface area contributed by atoms with Gasteiger partial charge in [0.25, 0.3) is 0 Å². The molecule has 1 unspecified atom stereocenters. The molecular formula is C15H14F2OS. The minimum Gasteiger partial charge on any atom is -0.383 e. The Morgan fingerprint density at radius 1 is 1.21 bits per heavy atom. The molecule has 1 aliphatic rings. The van der Waals surface area contributed by atoms with E-state index in [9.17, 15) is 13.9 Å². The first kappa shape index (κ1) is 12.8. The molecule has 100 valence electrons. The van der Waals surface area contributed by atoms with Gasteiger partial charge in [-0.3, -0.25) is 0 Å². The number of aryl methyl sites for hydroxylation is 3. The summed E-state index contributed by atoms with van der Waals surface area (Å²) >= 11 is 1.50. The second-order valence-electron chi connectivity index (χ2n) is 4.95. The molecule has 19 heavy (non-hydrogen) atoms. The fourth-order valence-corrected chi connectivity index (χ4v) is 3.77. The van der Waals surface area contributed by atoms with Crippen LogP contribution in [-0.2, 0) is 12.8 Å². The third-order valence-electron chi connectivity index (χ3n) is 3.63. The summed E-state index contributed by atoms with van der Waals surface area (Å²) in [6.45, 7) is 1.51. The van der Waals surface area contributed by atoms with Crippen molar-refractivity contribution in [2.75, 3.05) is 0 Å². The lowest BCUT2D eigenvalue weighted by molar-refractivity contribution is 0.217. The highest BCUT2D eigenvalue weighted by atomic mass is 32.1. The Kier molecular flexibility index (Phi) is 3.15. The van der Waals surface area contributed by atoms with Gasteiger partial charge in [0.05, 0.1) is 0 Å². The summed E-state index contributed by atoms with van der Waals surface area (Å²) in [5.74, 6) is -1.82. The highest BCUT2D eigenvalue weighted by Gasteiger charge is 2.23. The van der Waals surface area contributed by atoms with Crippen molar-refractivity contribution in [3.63, 3.8) is 0 Å². The van der Waals surface area contributed by atoms with Crippen molar-refractivity contribution in [2.24, 2.45) is 0 Å². The Labute approximate surface area is 114 Å². The van der Waals surface area contributed by atoms with Gasteiger partial charge in [0.1, 0.15) is 6.10 Å². The number of thiophene rings is 1. The molecule has 1 nitrogen and oxygen atoms in total. The Morgan fingerprint density at radius 2 is 2.00 bits per heavy atom. The van der Waals surface area contributed by atoms with Gasteiger partial charge in [-0.05, 0) is 43.4 Å². The van der Waals surface area contributed by atoms with Crippen LogP contribution in [0.3, 0.4) is 0 Å². The van der Waals surface area contributed by atoms with Crippen LogP contribution in [0.1, 0.15) is 39.0 Å². The van der Waals surface area contributed by atoms with Gasteiger partial charge in [-0.1, -0.05) is 12.1 Å². The third kappa shape index (κ3) is 2.09. The lowest BCUT2D eigenvalue weighted by atomic mass is 10.0. The molecule has 0 fully saturated rings. The highest BCUT2D eigenvalue weighted by molar-refractivity contribution is 7.12. The van der Waals surface area contributed by atoms with Crippen LogP contribution in [0.25, 0.3) is 0 Å². The van der Waals surface area contributed by atoms with Crippen LogP contribution in [0.5, 0.6) is 0 Å². The van der Waals surface area contributed by atoms with Crippen LogP contribution < -0.4 is 0 Å². The summed E-state index contributed by atoms with van der Waals surface area (Å²) in [6, 6.07) is 4.89. The van der Waals surface area contributed by atoms with Gasteiger partial charge in [0.2, 0.25) is 0 Å². The number of hydrogen-bond donors (Lipinski definition) is 1. The van der Waals surface area contributed by atoms with Gasteiger partial charge in [-0.2, -0.15) is 0 Å². The Balaban J connectivity index is 1.99. The van der Waals surface area contributed by atoms with Gasteiger partial charge < -0.3 is 5.11 Å². The summed E-state index contributed by atoms with van der Waals surface area (Å²) in [4.78, 5) is 1.97. The Morgan fingerprint density at radius 3 is 2.74 bits per heavy atom. The zero-order valence-corrected chi connectivity index (χ0v) is 11.4. The highest BCUT2D eigenvalue weighted by Crippen LogP contribution is 2.37. The van der Waals surface area contributed by atoms with E-state index < -0.39 is 17.7 Å². The molecule has 0 spiro atoms. The molecule has 1 aromatic heterocycles. The zero-order chi connectivity index (χ0) is 13.6. The molecule has 0 bridgehead atoms. The van der Waals surface area contributed by atoms with E-state index in [-0.39, 0.29) is 11.1 Å². The first-order chi connectivity index (χ1) is 9.08. The Hall–Kier alpha value is -1.26. The molecule has 1 atom stereocenters. The minimum atomic E-state index is -1.08.